The molecule has 2 nitrogen and oxygen atoms in total. The average molecular weight is 313 g/mol. The second-order valence-corrected chi connectivity index (χ2v) is 6.65. The highest BCUT2D eigenvalue weighted by Crippen LogP contribution is 2.23. The molecule has 1 aromatic rings. The van der Waals surface area contributed by atoms with Crippen molar-refractivity contribution in [2.75, 3.05) is 6.54 Å². The summed E-state index contributed by atoms with van der Waals surface area (Å²) in [5.41, 5.74) is 2.50. The summed E-state index contributed by atoms with van der Waals surface area (Å²) in [6.07, 6.45) is 5.56. The van der Waals surface area contributed by atoms with Crippen LogP contribution in [0.15, 0.2) is 42.5 Å². The standard InChI is InChI=1S/C21H32N2/c1-5-6-10-17(2)19(4)18(3)16-23-21(15-22)14-13-20-11-8-7-9-12-20/h7-9,11-12,17,19,21,23H,3,5-6,10,13-14,16H2,1-2,4H3. The highest BCUT2D eigenvalue weighted by Gasteiger charge is 2.16. The van der Waals surface area contributed by atoms with Gasteiger partial charge in [0.1, 0.15) is 0 Å². The molecule has 0 aliphatic rings. The van der Waals surface area contributed by atoms with Crippen LogP contribution >= 0.6 is 0 Å². The summed E-state index contributed by atoms with van der Waals surface area (Å²) in [6.45, 7) is 11.8. The summed E-state index contributed by atoms with van der Waals surface area (Å²) in [5, 5.41) is 12.7. The molecule has 0 radical (unpaired) electrons. The molecule has 1 rings (SSSR count). The Hall–Kier alpha value is -1.59. The fourth-order valence-corrected chi connectivity index (χ4v) is 2.76. The number of hydrogen-bond acceptors (Lipinski definition) is 2. The summed E-state index contributed by atoms with van der Waals surface area (Å²) in [5.74, 6) is 1.16. The van der Waals surface area contributed by atoms with E-state index in [2.05, 4.69) is 50.9 Å². The molecule has 3 atom stereocenters. The molecule has 0 aliphatic heterocycles. The summed E-state index contributed by atoms with van der Waals surface area (Å²) >= 11 is 0. The van der Waals surface area contributed by atoms with E-state index in [1.54, 1.807) is 0 Å². The van der Waals surface area contributed by atoms with Crippen molar-refractivity contribution in [3.8, 4) is 6.07 Å². The van der Waals surface area contributed by atoms with Crippen molar-refractivity contribution in [1.29, 1.82) is 5.26 Å². The molecule has 0 heterocycles. The summed E-state index contributed by atoms with van der Waals surface area (Å²) < 4.78 is 0. The minimum absolute atomic E-state index is 0.106. The van der Waals surface area contributed by atoms with E-state index in [0.29, 0.717) is 11.8 Å². The maximum atomic E-state index is 9.34. The topological polar surface area (TPSA) is 35.8 Å². The van der Waals surface area contributed by atoms with Gasteiger partial charge in [-0.1, -0.05) is 82.5 Å². The van der Waals surface area contributed by atoms with Gasteiger partial charge in [0.15, 0.2) is 0 Å². The van der Waals surface area contributed by atoms with Gasteiger partial charge in [0.2, 0.25) is 0 Å². The van der Waals surface area contributed by atoms with E-state index >= 15 is 0 Å². The van der Waals surface area contributed by atoms with Gasteiger partial charge in [-0.3, -0.25) is 5.32 Å². The van der Waals surface area contributed by atoms with Gasteiger partial charge < -0.3 is 0 Å². The van der Waals surface area contributed by atoms with E-state index in [-0.39, 0.29) is 6.04 Å². The quantitative estimate of drug-likeness (QED) is 0.576. The van der Waals surface area contributed by atoms with Gasteiger partial charge in [0.25, 0.3) is 0 Å². The Labute approximate surface area is 142 Å². The van der Waals surface area contributed by atoms with E-state index in [1.807, 2.05) is 18.2 Å². The molecule has 23 heavy (non-hydrogen) atoms. The Bertz CT molecular complexity index is 486. The highest BCUT2D eigenvalue weighted by molar-refractivity contribution is 5.15. The van der Waals surface area contributed by atoms with E-state index < -0.39 is 0 Å². The Morgan fingerprint density at radius 3 is 2.52 bits per heavy atom. The zero-order chi connectivity index (χ0) is 17.1. The fraction of sp³-hybridized carbons (Fsp3) is 0.571. The summed E-state index contributed by atoms with van der Waals surface area (Å²) in [4.78, 5) is 0. The molecule has 1 aromatic carbocycles. The number of benzene rings is 1. The molecule has 0 bridgehead atoms. The first-order valence-electron chi connectivity index (χ1n) is 8.93. The van der Waals surface area contributed by atoms with E-state index in [4.69, 9.17) is 0 Å². The highest BCUT2D eigenvalue weighted by atomic mass is 14.9. The lowest BCUT2D eigenvalue weighted by Crippen LogP contribution is -2.31. The molecule has 0 saturated carbocycles. The van der Waals surface area contributed by atoms with Crippen molar-refractivity contribution >= 4 is 0 Å². The Morgan fingerprint density at radius 1 is 1.22 bits per heavy atom. The number of hydrogen-bond donors (Lipinski definition) is 1. The minimum atomic E-state index is -0.106. The number of unbranched alkanes of at least 4 members (excludes halogenated alkanes) is 1. The van der Waals surface area contributed by atoms with Crippen molar-refractivity contribution < 1.29 is 0 Å². The SMILES string of the molecule is C=C(CNC(C#N)CCc1ccccc1)C(C)C(C)CCCC. The Morgan fingerprint density at radius 2 is 1.91 bits per heavy atom. The van der Waals surface area contributed by atoms with Crippen molar-refractivity contribution in [2.24, 2.45) is 11.8 Å². The molecule has 2 heteroatoms. The molecule has 0 saturated heterocycles. The predicted octanol–water partition coefficient (Wildman–Crippen LogP) is 5.12. The molecule has 0 fully saturated rings. The van der Waals surface area contributed by atoms with Crippen LogP contribution in [0.3, 0.4) is 0 Å². The first-order chi connectivity index (χ1) is 11.1. The third-order valence-corrected chi connectivity index (χ3v) is 4.81. The van der Waals surface area contributed by atoms with Gasteiger partial charge in [-0.2, -0.15) is 5.26 Å². The largest absolute Gasteiger partial charge is 0.298 e. The molecule has 0 amide bonds. The first kappa shape index (κ1) is 19.5. The predicted molar refractivity (Wildman–Crippen MR) is 99.2 cm³/mol. The maximum Gasteiger partial charge on any atom is 0.0958 e. The van der Waals surface area contributed by atoms with Crippen molar-refractivity contribution in [1.82, 2.24) is 5.32 Å². The molecule has 1 N–H and O–H groups in total. The average Bonchev–Trinajstić information content (AvgIpc) is 2.59. The van der Waals surface area contributed by atoms with Gasteiger partial charge in [0.05, 0.1) is 12.1 Å². The van der Waals surface area contributed by atoms with Crippen molar-refractivity contribution in [2.45, 2.75) is 58.9 Å². The zero-order valence-corrected chi connectivity index (χ0v) is 15.0. The molecule has 0 aliphatic carbocycles. The second-order valence-electron chi connectivity index (χ2n) is 6.65. The van der Waals surface area contributed by atoms with Crippen LogP contribution in [0.5, 0.6) is 0 Å². The van der Waals surface area contributed by atoms with E-state index in [9.17, 15) is 5.26 Å². The molecular formula is C21H32N2. The Kier molecular flexibility index (Phi) is 9.33. The van der Waals surface area contributed by atoms with Gasteiger partial charge in [-0.15, -0.1) is 0 Å². The van der Waals surface area contributed by atoms with E-state index in [1.165, 1.54) is 30.4 Å². The lowest BCUT2D eigenvalue weighted by atomic mass is 9.86. The third kappa shape index (κ3) is 7.48. The molecule has 3 unspecified atom stereocenters. The van der Waals surface area contributed by atoms with Crippen LogP contribution in [0.2, 0.25) is 0 Å². The van der Waals surface area contributed by atoms with Crippen molar-refractivity contribution in [3.63, 3.8) is 0 Å². The van der Waals surface area contributed by atoms with Crippen LogP contribution in [0.25, 0.3) is 0 Å². The van der Waals surface area contributed by atoms with Crippen LogP contribution in [0, 0.1) is 23.2 Å². The van der Waals surface area contributed by atoms with E-state index in [0.717, 1.165) is 19.4 Å². The molecule has 0 aromatic heterocycles. The lowest BCUT2D eigenvalue weighted by molar-refractivity contribution is 0.389. The second kappa shape index (κ2) is 11.0. The zero-order valence-electron chi connectivity index (χ0n) is 15.0. The van der Waals surface area contributed by atoms with Gasteiger partial charge >= 0.3 is 0 Å². The molecule has 0 spiro atoms. The lowest BCUT2D eigenvalue weighted by Gasteiger charge is -2.23. The normalized spacial score (nSPS) is 14.7. The summed E-state index contributed by atoms with van der Waals surface area (Å²) in [7, 11) is 0. The van der Waals surface area contributed by atoms with Gasteiger partial charge in [0, 0.05) is 6.54 Å². The molecule has 126 valence electrons. The first-order valence-corrected chi connectivity index (χ1v) is 8.93. The van der Waals surface area contributed by atoms with Gasteiger partial charge in [-0.25, -0.2) is 0 Å². The monoisotopic (exact) mass is 312 g/mol. The maximum absolute atomic E-state index is 9.34. The number of nitrogens with zero attached hydrogens (tertiary/aromatic N) is 1. The third-order valence-electron chi connectivity index (χ3n) is 4.81. The minimum Gasteiger partial charge on any atom is -0.298 e. The van der Waals surface area contributed by atoms with Crippen LogP contribution in [-0.2, 0) is 6.42 Å². The number of aryl methyl sites for hydroxylation is 1. The van der Waals surface area contributed by atoms with Gasteiger partial charge in [-0.05, 0) is 30.2 Å². The number of nitrogens with one attached hydrogen (secondary N) is 1. The number of rotatable bonds is 11. The van der Waals surface area contributed by atoms with Crippen LogP contribution in [-0.4, -0.2) is 12.6 Å². The van der Waals surface area contributed by atoms with Crippen molar-refractivity contribution in [3.05, 3.63) is 48.0 Å². The van der Waals surface area contributed by atoms with Crippen LogP contribution in [0.4, 0.5) is 0 Å². The smallest absolute Gasteiger partial charge is 0.0958 e. The Balaban J connectivity index is 2.35. The van der Waals surface area contributed by atoms with Crippen LogP contribution < -0.4 is 5.32 Å². The fourth-order valence-electron chi connectivity index (χ4n) is 2.76. The molecular weight excluding hydrogens is 280 g/mol. The van der Waals surface area contributed by atoms with Crippen LogP contribution in [0.1, 0.15) is 52.0 Å². The number of nitriles is 1. The summed E-state index contributed by atoms with van der Waals surface area (Å²) in [6, 6.07) is 12.6.